The Balaban J connectivity index is 1.91. The number of nitrogens with two attached hydrogens (primary N) is 1. The first-order chi connectivity index (χ1) is 7.92. The monoisotopic (exact) mass is 219 g/mol. The Bertz CT molecular complexity index is 325. The minimum absolute atomic E-state index is 0.461. The molecule has 3 nitrogen and oxygen atoms in total. The number of fused-ring (bicyclic) bond motifs is 1. The van der Waals surface area contributed by atoms with Gasteiger partial charge in [-0.3, -0.25) is 4.98 Å². The normalized spacial score (nSPS) is 19.4. The quantitative estimate of drug-likeness (QED) is 0.742. The highest BCUT2D eigenvalue weighted by Gasteiger charge is 2.19. The Morgan fingerprint density at radius 1 is 1.44 bits per heavy atom. The standard InChI is InChI=1S/C13H21N3/c14-8-1-2-9-15-12-7-3-5-11-6-4-10-16-13(11)12/h4,6,10,12,15H,1-3,5,7-9,14H2/t12-/m0/s1. The smallest absolute Gasteiger partial charge is 0.0605 e. The summed E-state index contributed by atoms with van der Waals surface area (Å²) >= 11 is 0. The largest absolute Gasteiger partial charge is 0.330 e. The average molecular weight is 219 g/mol. The van der Waals surface area contributed by atoms with Crippen LogP contribution in [0.3, 0.4) is 0 Å². The van der Waals surface area contributed by atoms with Crippen LogP contribution in [0, 0.1) is 0 Å². The molecule has 0 spiro atoms. The molecule has 0 bridgehead atoms. The number of aromatic nitrogens is 1. The van der Waals surface area contributed by atoms with Gasteiger partial charge >= 0.3 is 0 Å². The van der Waals surface area contributed by atoms with E-state index < -0.39 is 0 Å². The third-order valence-corrected chi connectivity index (χ3v) is 3.22. The molecule has 1 atom stereocenters. The zero-order valence-corrected chi connectivity index (χ0v) is 9.78. The third kappa shape index (κ3) is 2.80. The number of hydrogen-bond donors (Lipinski definition) is 2. The van der Waals surface area contributed by atoms with E-state index in [2.05, 4.69) is 16.4 Å². The van der Waals surface area contributed by atoms with Crippen LogP contribution in [-0.2, 0) is 6.42 Å². The SMILES string of the molecule is NCCCCN[C@H]1CCCc2cccnc21. The van der Waals surface area contributed by atoms with Crippen molar-refractivity contribution in [1.82, 2.24) is 10.3 Å². The van der Waals surface area contributed by atoms with Gasteiger partial charge in [-0.15, -0.1) is 0 Å². The van der Waals surface area contributed by atoms with E-state index in [1.54, 1.807) is 0 Å². The lowest BCUT2D eigenvalue weighted by Gasteiger charge is -2.25. The summed E-state index contributed by atoms with van der Waals surface area (Å²) in [5.41, 5.74) is 8.17. The van der Waals surface area contributed by atoms with E-state index in [1.165, 1.54) is 30.5 Å². The molecule has 0 radical (unpaired) electrons. The lowest BCUT2D eigenvalue weighted by molar-refractivity contribution is 0.442. The summed E-state index contributed by atoms with van der Waals surface area (Å²) in [5, 5.41) is 3.59. The van der Waals surface area contributed by atoms with Gasteiger partial charge in [-0.1, -0.05) is 6.07 Å². The van der Waals surface area contributed by atoms with E-state index in [1.807, 2.05) is 12.3 Å². The van der Waals surface area contributed by atoms with Gasteiger partial charge in [0.25, 0.3) is 0 Å². The van der Waals surface area contributed by atoms with Crippen molar-refractivity contribution >= 4 is 0 Å². The van der Waals surface area contributed by atoms with Crippen molar-refractivity contribution in [3.8, 4) is 0 Å². The second-order valence-electron chi connectivity index (χ2n) is 4.44. The van der Waals surface area contributed by atoms with Crippen molar-refractivity contribution in [1.29, 1.82) is 0 Å². The molecular weight excluding hydrogens is 198 g/mol. The molecule has 2 rings (SSSR count). The molecule has 1 heterocycles. The predicted molar refractivity (Wildman–Crippen MR) is 66.2 cm³/mol. The molecule has 0 saturated carbocycles. The summed E-state index contributed by atoms with van der Waals surface area (Å²) in [5.74, 6) is 0. The van der Waals surface area contributed by atoms with Crippen LogP contribution in [0.25, 0.3) is 0 Å². The fourth-order valence-corrected chi connectivity index (χ4v) is 2.35. The number of nitrogens with zero attached hydrogens (tertiary/aromatic N) is 1. The maximum absolute atomic E-state index is 5.48. The van der Waals surface area contributed by atoms with Gasteiger partial charge in [0.05, 0.1) is 5.69 Å². The molecule has 1 aromatic rings. The lowest BCUT2D eigenvalue weighted by atomic mass is 9.92. The Kier molecular flexibility index (Phi) is 4.31. The van der Waals surface area contributed by atoms with Crippen molar-refractivity contribution in [2.75, 3.05) is 13.1 Å². The van der Waals surface area contributed by atoms with Crippen molar-refractivity contribution in [2.24, 2.45) is 5.73 Å². The van der Waals surface area contributed by atoms with Crippen molar-refractivity contribution < 1.29 is 0 Å². The molecule has 0 amide bonds. The van der Waals surface area contributed by atoms with E-state index in [-0.39, 0.29) is 0 Å². The third-order valence-electron chi connectivity index (χ3n) is 3.22. The summed E-state index contributed by atoms with van der Waals surface area (Å²) in [4.78, 5) is 4.51. The first-order valence-electron chi connectivity index (χ1n) is 6.29. The van der Waals surface area contributed by atoms with Crippen LogP contribution in [0.15, 0.2) is 18.3 Å². The van der Waals surface area contributed by atoms with Crippen molar-refractivity contribution in [3.05, 3.63) is 29.6 Å². The first-order valence-corrected chi connectivity index (χ1v) is 6.29. The summed E-state index contributed by atoms with van der Waals surface area (Å²) in [7, 11) is 0. The van der Waals surface area contributed by atoms with Crippen LogP contribution in [0.4, 0.5) is 0 Å². The molecule has 0 fully saturated rings. The molecule has 0 aliphatic heterocycles. The van der Waals surface area contributed by atoms with Crippen LogP contribution >= 0.6 is 0 Å². The molecule has 1 aliphatic carbocycles. The number of unbranched alkanes of at least 4 members (excludes halogenated alkanes) is 1. The Morgan fingerprint density at radius 3 is 3.25 bits per heavy atom. The maximum atomic E-state index is 5.48. The van der Waals surface area contributed by atoms with Gasteiger partial charge in [0.15, 0.2) is 0 Å². The second kappa shape index (κ2) is 5.97. The summed E-state index contributed by atoms with van der Waals surface area (Å²) < 4.78 is 0. The summed E-state index contributed by atoms with van der Waals surface area (Å²) in [6.07, 6.45) is 7.84. The number of pyridine rings is 1. The Labute approximate surface area is 97.5 Å². The minimum atomic E-state index is 0.461. The highest BCUT2D eigenvalue weighted by molar-refractivity contribution is 5.25. The topological polar surface area (TPSA) is 50.9 Å². The number of hydrogen-bond acceptors (Lipinski definition) is 3. The van der Waals surface area contributed by atoms with E-state index >= 15 is 0 Å². The molecule has 16 heavy (non-hydrogen) atoms. The van der Waals surface area contributed by atoms with Gasteiger partial charge in [0.1, 0.15) is 0 Å². The van der Waals surface area contributed by atoms with Gasteiger partial charge in [0, 0.05) is 12.2 Å². The highest BCUT2D eigenvalue weighted by atomic mass is 14.9. The minimum Gasteiger partial charge on any atom is -0.330 e. The molecule has 3 N–H and O–H groups in total. The molecule has 3 heteroatoms. The van der Waals surface area contributed by atoms with Crippen LogP contribution in [-0.4, -0.2) is 18.1 Å². The predicted octanol–water partition coefficient (Wildman–Crippen LogP) is 1.79. The number of aryl methyl sites for hydroxylation is 1. The fraction of sp³-hybridized carbons (Fsp3) is 0.615. The zero-order chi connectivity index (χ0) is 11.2. The molecule has 1 aromatic heterocycles. The van der Waals surface area contributed by atoms with E-state index in [9.17, 15) is 0 Å². The average Bonchev–Trinajstić information content (AvgIpc) is 2.35. The first kappa shape index (κ1) is 11.6. The van der Waals surface area contributed by atoms with Crippen molar-refractivity contribution in [2.45, 2.75) is 38.1 Å². The van der Waals surface area contributed by atoms with E-state index in [0.717, 1.165) is 25.9 Å². The lowest BCUT2D eigenvalue weighted by Crippen LogP contribution is -2.27. The van der Waals surface area contributed by atoms with Gasteiger partial charge in [0.2, 0.25) is 0 Å². The van der Waals surface area contributed by atoms with E-state index in [4.69, 9.17) is 5.73 Å². The van der Waals surface area contributed by atoms with Crippen molar-refractivity contribution in [3.63, 3.8) is 0 Å². The summed E-state index contributed by atoms with van der Waals surface area (Å²) in [6.45, 7) is 1.85. The fourth-order valence-electron chi connectivity index (χ4n) is 2.35. The maximum Gasteiger partial charge on any atom is 0.0605 e. The van der Waals surface area contributed by atoms with Crippen LogP contribution < -0.4 is 11.1 Å². The Morgan fingerprint density at radius 2 is 2.38 bits per heavy atom. The molecule has 88 valence electrons. The molecular formula is C13H21N3. The van der Waals surface area contributed by atoms with Gasteiger partial charge in [-0.05, 0) is 56.8 Å². The molecule has 0 saturated heterocycles. The summed E-state index contributed by atoms with van der Waals surface area (Å²) in [6, 6.07) is 4.70. The van der Waals surface area contributed by atoms with E-state index in [0.29, 0.717) is 6.04 Å². The highest BCUT2D eigenvalue weighted by Crippen LogP contribution is 2.27. The number of rotatable bonds is 5. The molecule has 1 aliphatic rings. The van der Waals surface area contributed by atoms with Crippen LogP contribution in [0.1, 0.15) is 43.0 Å². The van der Waals surface area contributed by atoms with Gasteiger partial charge < -0.3 is 11.1 Å². The van der Waals surface area contributed by atoms with Gasteiger partial charge in [-0.25, -0.2) is 0 Å². The van der Waals surface area contributed by atoms with Gasteiger partial charge in [-0.2, -0.15) is 0 Å². The number of nitrogens with one attached hydrogen (secondary N) is 1. The van der Waals surface area contributed by atoms with Crippen LogP contribution in [0.5, 0.6) is 0 Å². The molecule has 0 unspecified atom stereocenters. The zero-order valence-electron chi connectivity index (χ0n) is 9.78. The second-order valence-corrected chi connectivity index (χ2v) is 4.44. The Hall–Kier alpha value is -0.930. The molecule has 0 aromatic carbocycles. The van der Waals surface area contributed by atoms with Crippen LogP contribution in [0.2, 0.25) is 0 Å².